The van der Waals surface area contributed by atoms with Gasteiger partial charge in [-0.15, -0.1) is 0 Å². The van der Waals surface area contributed by atoms with Crippen molar-refractivity contribution in [3.05, 3.63) is 58.9 Å². The van der Waals surface area contributed by atoms with E-state index in [9.17, 15) is 9.59 Å². The first-order chi connectivity index (χ1) is 15.5. The van der Waals surface area contributed by atoms with Crippen LogP contribution in [0.4, 0.5) is 5.69 Å². The first-order valence-electron chi connectivity index (χ1n) is 9.92. The molecule has 1 aromatic heterocycles. The van der Waals surface area contributed by atoms with E-state index in [1.165, 1.54) is 5.01 Å². The van der Waals surface area contributed by atoms with E-state index in [-0.39, 0.29) is 12.4 Å². The maximum Gasteiger partial charge on any atom is 0.263 e. The minimum Gasteiger partial charge on any atom is -0.494 e. The van der Waals surface area contributed by atoms with Gasteiger partial charge in [-0.3, -0.25) is 14.6 Å². The highest BCUT2D eigenvalue weighted by Gasteiger charge is 2.55. The van der Waals surface area contributed by atoms with Crippen LogP contribution in [0.2, 0.25) is 0 Å². The lowest BCUT2D eigenvalue weighted by Crippen LogP contribution is -2.39. The van der Waals surface area contributed by atoms with Crippen LogP contribution < -0.4 is 9.64 Å². The molecule has 2 atom stereocenters. The van der Waals surface area contributed by atoms with Gasteiger partial charge in [0.1, 0.15) is 12.3 Å². The molecule has 3 heterocycles. The minimum absolute atomic E-state index is 0.0573. The molecule has 0 bridgehead atoms. The molecular weight excluding hydrogens is 480 g/mol. The fourth-order valence-electron chi connectivity index (χ4n) is 3.67. The summed E-state index contributed by atoms with van der Waals surface area (Å²) in [6.07, 6.45) is 0. The molecule has 162 valence electrons. The van der Waals surface area contributed by atoms with Crippen LogP contribution in [0.1, 0.15) is 12.8 Å². The van der Waals surface area contributed by atoms with Gasteiger partial charge in [0.2, 0.25) is 11.7 Å². The largest absolute Gasteiger partial charge is 0.494 e. The lowest BCUT2D eigenvalue weighted by Gasteiger charge is -2.19. The number of fused-ring (bicyclic) bond motifs is 1. The second kappa shape index (κ2) is 8.15. The van der Waals surface area contributed by atoms with Gasteiger partial charge < -0.3 is 9.26 Å². The topological polar surface area (TPSA) is 113 Å². The molecule has 3 aromatic rings. The zero-order chi connectivity index (χ0) is 22.2. The Balaban J connectivity index is 1.34. The number of anilines is 1. The number of aromatic nitrogens is 2. The van der Waals surface area contributed by atoms with E-state index >= 15 is 0 Å². The van der Waals surface area contributed by atoms with Crippen LogP contribution >= 0.6 is 15.9 Å². The molecular formula is C21H17BrN6O4. The fraction of sp³-hybridized carbons (Fsp3) is 0.238. The van der Waals surface area contributed by atoms with Crippen molar-refractivity contribution in [3.8, 4) is 17.1 Å². The molecule has 0 aliphatic carbocycles. The van der Waals surface area contributed by atoms with Crippen LogP contribution in [0, 0.1) is 0 Å². The highest BCUT2D eigenvalue weighted by molar-refractivity contribution is 9.10. The smallest absolute Gasteiger partial charge is 0.263 e. The number of hydrogen-bond donors (Lipinski definition) is 0. The molecule has 0 N–H and O–H groups in total. The van der Waals surface area contributed by atoms with Gasteiger partial charge in [-0.05, 0) is 43.3 Å². The Bertz CT molecular complexity index is 1210. The molecule has 2 unspecified atom stereocenters. The van der Waals surface area contributed by atoms with Crippen molar-refractivity contribution >= 4 is 33.4 Å². The Hall–Kier alpha value is -3.60. The number of amides is 2. The van der Waals surface area contributed by atoms with Crippen molar-refractivity contribution in [2.24, 2.45) is 10.3 Å². The van der Waals surface area contributed by atoms with Crippen LogP contribution in [0.15, 0.2) is 67.9 Å². The molecule has 10 nitrogen and oxygen atoms in total. The Morgan fingerprint density at radius 2 is 1.94 bits per heavy atom. The van der Waals surface area contributed by atoms with Crippen LogP contribution in [-0.4, -0.2) is 45.7 Å². The van der Waals surface area contributed by atoms with Crippen molar-refractivity contribution in [1.29, 1.82) is 0 Å². The lowest BCUT2D eigenvalue weighted by molar-refractivity contribution is -0.123. The zero-order valence-corrected chi connectivity index (χ0v) is 18.5. The number of nitrogens with zero attached hydrogens (tertiary/aromatic N) is 6. The number of carbonyl (C=O) groups is 2. The van der Waals surface area contributed by atoms with E-state index in [0.29, 0.717) is 23.9 Å². The third-order valence-electron chi connectivity index (χ3n) is 5.11. The summed E-state index contributed by atoms with van der Waals surface area (Å²) in [6, 6.07) is 12.5. The summed E-state index contributed by atoms with van der Waals surface area (Å²) in [5.41, 5.74) is 1.24. The van der Waals surface area contributed by atoms with E-state index in [2.05, 4.69) is 36.4 Å². The maximum atomic E-state index is 13.1. The summed E-state index contributed by atoms with van der Waals surface area (Å²) in [7, 11) is 0. The average molecular weight is 497 g/mol. The Morgan fingerprint density at radius 1 is 1.12 bits per heavy atom. The summed E-state index contributed by atoms with van der Waals surface area (Å²) in [5, 5.41) is 13.4. The summed E-state index contributed by atoms with van der Waals surface area (Å²) in [4.78, 5) is 31.5. The third kappa shape index (κ3) is 3.54. The SMILES string of the molecule is CCOc1ccc(N2C(=O)C3N=NN(Cc4nc(-c5cccc(Br)c5)no4)C3C2=O)cc1. The number of ether oxygens (including phenoxy) is 1. The standard InChI is InChI=1S/C21H17BrN6O4/c1-2-31-15-8-6-14(7-9-15)28-20(29)17-18(21(28)30)27(26-24-17)11-16-23-19(25-32-16)12-4-3-5-13(22)10-12/h3-10,17-18H,2,11H2,1H3. The monoisotopic (exact) mass is 496 g/mol. The second-order valence-electron chi connectivity index (χ2n) is 7.15. The molecule has 2 amide bonds. The summed E-state index contributed by atoms with van der Waals surface area (Å²) in [6.45, 7) is 2.47. The van der Waals surface area contributed by atoms with E-state index in [0.717, 1.165) is 14.9 Å². The minimum atomic E-state index is -0.901. The second-order valence-corrected chi connectivity index (χ2v) is 8.07. The summed E-state index contributed by atoms with van der Waals surface area (Å²) in [5.74, 6) is 0.518. The van der Waals surface area contributed by atoms with Crippen LogP contribution in [0.5, 0.6) is 5.75 Å². The molecule has 2 aliphatic rings. The Kier molecular flexibility index (Phi) is 5.17. The molecule has 2 aliphatic heterocycles. The molecule has 0 radical (unpaired) electrons. The van der Waals surface area contributed by atoms with Crippen molar-refractivity contribution in [2.75, 3.05) is 11.5 Å². The van der Waals surface area contributed by atoms with E-state index in [4.69, 9.17) is 9.26 Å². The number of halogens is 1. The predicted octanol–water partition coefficient (Wildman–Crippen LogP) is 3.39. The number of benzene rings is 2. The third-order valence-corrected chi connectivity index (χ3v) is 5.61. The molecule has 1 saturated heterocycles. The van der Waals surface area contributed by atoms with Gasteiger partial charge in [-0.25, -0.2) is 4.90 Å². The highest BCUT2D eigenvalue weighted by atomic mass is 79.9. The Labute approximate surface area is 191 Å². The van der Waals surface area contributed by atoms with E-state index in [1.54, 1.807) is 24.3 Å². The van der Waals surface area contributed by atoms with Gasteiger partial charge >= 0.3 is 0 Å². The molecule has 1 fully saturated rings. The molecule has 2 aromatic carbocycles. The average Bonchev–Trinajstić information content (AvgIpc) is 3.48. The van der Waals surface area contributed by atoms with Gasteiger partial charge in [0.05, 0.1) is 12.3 Å². The van der Waals surface area contributed by atoms with Crippen molar-refractivity contribution in [3.63, 3.8) is 0 Å². The number of rotatable bonds is 6. The summed E-state index contributed by atoms with van der Waals surface area (Å²) < 4.78 is 11.6. The fourth-order valence-corrected chi connectivity index (χ4v) is 4.07. The first kappa shape index (κ1) is 20.3. The zero-order valence-electron chi connectivity index (χ0n) is 16.9. The molecule has 0 saturated carbocycles. The Morgan fingerprint density at radius 3 is 2.69 bits per heavy atom. The molecule has 11 heteroatoms. The molecule has 32 heavy (non-hydrogen) atoms. The van der Waals surface area contributed by atoms with Crippen LogP contribution in [0.25, 0.3) is 11.4 Å². The molecule has 0 spiro atoms. The number of imide groups is 1. The van der Waals surface area contributed by atoms with Gasteiger partial charge in [0.15, 0.2) is 12.1 Å². The normalized spacial score (nSPS) is 19.7. The van der Waals surface area contributed by atoms with Crippen molar-refractivity contribution in [2.45, 2.75) is 25.6 Å². The summed E-state index contributed by atoms with van der Waals surface area (Å²) >= 11 is 3.41. The first-order valence-corrected chi connectivity index (χ1v) is 10.7. The van der Waals surface area contributed by atoms with Gasteiger partial charge in [0.25, 0.3) is 11.8 Å². The van der Waals surface area contributed by atoms with E-state index in [1.807, 2.05) is 31.2 Å². The van der Waals surface area contributed by atoms with Gasteiger partial charge in [-0.2, -0.15) is 10.1 Å². The van der Waals surface area contributed by atoms with Crippen molar-refractivity contribution in [1.82, 2.24) is 15.1 Å². The maximum absolute atomic E-state index is 13.1. The van der Waals surface area contributed by atoms with Crippen LogP contribution in [-0.2, 0) is 16.1 Å². The van der Waals surface area contributed by atoms with Gasteiger partial charge in [-0.1, -0.05) is 38.4 Å². The quantitative estimate of drug-likeness (QED) is 0.480. The van der Waals surface area contributed by atoms with E-state index < -0.39 is 23.9 Å². The predicted molar refractivity (Wildman–Crippen MR) is 116 cm³/mol. The number of carbonyl (C=O) groups excluding carboxylic acids is 2. The van der Waals surface area contributed by atoms with Crippen LogP contribution in [0.3, 0.4) is 0 Å². The lowest BCUT2D eigenvalue weighted by atomic mass is 10.1. The molecule has 5 rings (SSSR count). The highest BCUT2D eigenvalue weighted by Crippen LogP contribution is 2.33. The van der Waals surface area contributed by atoms with Crippen molar-refractivity contribution < 1.29 is 18.8 Å². The number of hydrogen-bond acceptors (Lipinski definition) is 9. The van der Waals surface area contributed by atoms with Gasteiger partial charge in [0, 0.05) is 10.0 Å².